The lowest BCUT2D eigenvalue weighted by Gasteiger charge is -2.06. The van der Waals surface area contributed by atoms with Gasteiger partial charge < -0.3 is 13.4 Å². The first-order valence-electron chi connectivity index (χ1n) is 4.48. The van der Waals surface area contributed by atoms with Gasteiger partial charge >= 0.3 is 0 Å². The topological polar surface area (TPSA) is 43.4 Å². The lowest BCUT2D eigenvalue weighted by atomic mass is 10.5. The summed E-state index contributed by atoms with van der Waals surface area (Å²) < 4.78 is 22.2. The summed E-state index contributed by atoms with van der Waals surface area (Å²) in [6.45, 7) is -2.79. The number of halogens is 1. The van der Waals surface area contributed by atoms with E-state index in [-0.39, 0.29) is 12.3 Å². The Kier molecular flexibility index (Phi) is 3.03. The summed E-state index contributed by atoms with van der Waals surface area (Å²) in [5.41, 5.74) is 0. The smallest absolute Gasteiger partial charge is 0.184 e. The second-order valence-corrected chi connectivity index (χ2v) is 7.33. The molecule has 0 atom stereocenters. The molecule has 15 heavy (non-hydrogen) atoms. The summed E-state index contributed by atoms with van der Waals surface area (Å²) in [4.78, 5) is 0. The highest BCUT2D eigenvalue weighted by Gasteiger charge is 2.22. The highest BCUT2D eigenvalue weighted by Crippen LogP contribution is 2.57. The van der Waals surface area contributed by atoms with Crippen LogP contribution in [-0.2, 0) is 16.9 Å². The van der Waals surface area contributed by atoms with Crippen LogP contribution in [0.4, 0.5) is 0 Å². The van der Waals surface area contributed by atoms with E-state index in [0.29, 0.717) is 11.5 Å². The molecule has 0 N–H and O–H groups in total. The van der Waals surface area contributed by atoms with Gasteiger partial charge in [0.25, 0.3) is 0 Å². The zero-order valence-electron chi connectivity index (χ0n) is 7.93. The molecular formula is C10H10ClO3P. The second kappa shape index (κ2) is 4.30. The lowest BCUT2D eigenvalue weighted by Crippen LogP contribution is -1.85. The van der Waals surface area contributed by atoms with E-state index in [1.807, 2.05) is 0 Å². The third kappa shape index (κ3) is 3.01. The molecule has 0 aliphatic heterocycles. The molecule has 0 unspecified atom stereocenters. The van der Waals surface area contributed by atoms with Crippen molar-refractivity contribution in [2.45, 2.75) is 12.3 Å². The van der Waals surface area contributed by atoms with Crippen LogP contribution < -0.4 is 0 Å². The van der Waals surface area contributed by atoms with Gasteiger partial charge in [0.2, 0.25) is 0 Å². The second-order valence-electron chi connectivity index (χ2n) is 3.26. The molecule has 0 fully saturated rings. The minimum absolute atomic E-state index is 0.252. The average molecular weight is 245 g/mol. The molecule has 0 aliphatic rings. The fourth-order valence-corrected chi connectivity index (χ4v) is 3.44. The van der Waals surface area contributed by atoms with E-state index >= 15 is 0 Å². The van der Waals surface area contributed by atoms with E-state index in [2.05, 4.69) is 0 Å². The largest absolute Gasteiger partial charge is 0.469 e. The molecule has 0 bridgehead atoms. The van der Waals surface area contributed by atoms with Gasteiger partial charge in [0.1, 0.15) is 11.5 Å². The average Bonchev–Trinajstić information content (AvgIpc) is 2.75. The van der Waals surface area contributed by atoms with Crippen LogP contribution in [0.2, 0.25) is 0 Å². The third-order valence-electron chi connectivity index (χ3n) is 1.94. The lowest BCUT2D eigenvalue weighted by molar-refractivity contribution is 0.512. The van der Waals surface area contributed by atoms with Gasteiger partial charge in [0, 0.05) is 0 Å². The first-order chi connectivity index (χ1) is 7.16. The van der Waals surface area contributed by atoms with E-state index in [4.69, 9.17) is 20.1 Å². The Morgan fingerprint density at radius 3 is 1.87 bits per heavy atom. The zero-order valence-corrected chi connectivity index (χ0v) is 9.58. The molecule has 2 rings (SSSR count). The highest BCUT2D eigenvalue weighted by atomic mass is 35.7. The Balaban J connectivity index is 2.04. The first kappa shape index (κ1) is 10.6. The van der Waals surface area contributed by atoms with Crippen LogP contribution in [0.25, 0.3) is 0 Å². The van der Waals surface area contributed by atoms with E-state index in [1.165, 1.54) is 0 Å². The van der Waals surface area contributed by atoms with Gasteiger partial charge in [-0.1, -0.05) is 11.2 Å². The maximum Gasteiger partial charge on any atom is 0.184 e. The fraction of sp³-hybridized carbons (Fsp3) is 0.200. The standard InChI is InChI=1S/C10H10ClO3P/c11-15(12,7-9-3-1-5-13-9)8-10-4-2-6-14-10/h1-6H,7-8H2. The summed E-state index contributed by atoms with van der Waals surface area (Å²) >= 11 is 5.95. The molecule has 80 valence electrons. The maximum absolute atomic E-state index is 12.0. The van der Waals surface area contributed by atoms with Crippen molar-refractivity contribution in [2.24, 2.45) is 0 Å². The number of furan rings is 2. The molecule has 0 aliphatic carbocycles. The zero-order chi connectivity index (χ0) is 10.7. The minimum atomic E-state index is -2.79. The molecule has 0 amide bonds. The molecule has 5 heteroatoms. The Hall–Kier alpha value is -0.920. The van der Waals surface area contributed by atoms with Crippen LogP contribution in [0.15, 0.2) is 45.6 Å². The summed E-state index contributed by atoms with van der Waals surface area (Å²) in [5, 5.41) is 0. The van der Waals surface area contributed by atoms with Crippen LogP contribution >= 0.6 is 17.7 Å². The van der Waals surface area contributed by atoms with Gasteiger partial charge in [-0.05, 0) is 24.3 Å². The predicted octanol–water partition coefficient (Wildman–Crippen LogP) is 4.09. The van der Waals surface area contributed by atoms with Crippen molar-refractivity contribution in [3.8, 4) is 0 Å². The third-order valence-corrected chi connectivity index (χ3v) is 4.23. The molecule has 0 spiro atoms. The Bertz CT molecular complexity index is 407. The van der Waals surface area contributed by atoms with Gasteiger partial charge in [-0.2, -0.15) is 0 Å². The number of hydrogen-bond acceptors (Lipinski definition) is 3. The minimum Gasteiger partial charge on any atom is -0.469 e. The van der Waals surface area contributed by atoms with Crippen LogP contribution in [0.5, 0.6) is 0 Å². The van der Waals surface area contributed by atoms with Crippen molar-refractivity contribution in [3.63, 3.8) is 0 Å². The van der Waals surface area contributed by atoms with Crippen LogP contribution in [-0.4, -0.2) is 0 Å². The quantitative estimate of drug-likeness (QED) is 0.761. The molecule has 2 heterocycles. The summed E-state index contributed by atoms with van der Waals surface area (Å²) in [6, 6.07) is 7.02. The SMILES string of the molecule is O=P(Cl)(Cc1ccco1)Cc1ccco1. The van der Waals surface area contributed by atoms with Crippen molar-refractivity contribution in [3.05, 3.63) is 48.3 Å². The Morgan fingerprint density at radius 2 is 1.53 bits per heavy atom. The van der Waals surface area contributed by atoms with Crippen molar-refractivity contribution in [1.82, 2.24) is 0 Å². The Morgan fingerprint density at radius 1 is 1.07 bits per heavy atom. The number of rotatable bonds is 4. The van der Waals surface area contributed by atoms with E-state index < -0.39 is 6.49 Å². The first-order valence-corrected chi connectivity index (χ1v) is 7.46. The van der Waals surface area contributed by atoms with E-state index in [0.717, 1.165) is 0 Å². The summed E-state index contributed by atoms with van der Waals surface area (Å²) in [7, 11) is 0. The highest BCUT2D eigenvalue weighted by molar-refractivity contribution is 7.87. The van der Waals surface area contributed by atoms with Gasteiger partial charge in [0.05, 0.1) is 24.9 Å². The molecule has 0 saturated heterocycles. The molecule has 0 radical (unpaired) electrons. The maximum atomic E-state index is 12.0. The van der Waals surface area contributed by atoms with Crippen molar-refractivity contribution >= 4 is 17.7 Å². The van der Waals surface area contributed by atoms with Crippen LogP contribution in [0.1, 0.15) is 11.5 Å². The normalized spacial score (nSPS) is 11.8. The molecule has 2 aromatic heterocycles. The predicted molar refractivity (Wildman–Crippen MR) is 58.3 cm³/mol. The van der Waals surface area contributed by atoms with E-state index in [1.54, 1.807) is 36.8 Å². The summed E-state index contributed by atoms with van der Waals surface area (Å²) in [6.07, 6.45) is 3.59. The molecule has 3 nitrogen and oxygen atoms in total. The molecular weight excluding hydrogens is 235 g/mol. The van der Waals surface area contributed by atoms with Gasteiger partial charge in [-0.15, -0.1) is 0 Å². The monoisotopic (exact) mass is 244 g/mol. The van der Waals surface area contributed by atoms with Crippen molar-refractivity contribution in [2.75, 3.05) is 0 Å². The van der Waals surface area contributed by atoms with E-state index in [9.17, 15) is 4.57 Å². The van der Waals surface area contributed by atoms with Gasteiger partial charge in [-0.25, -0.2) is 0 Å². The summed E-state index contributed by atoms with van der Waals surface area (Å²) in [5.74, 6) is 1.28. The van der Waals surface area contributed by atoms with Gasteiger partial charge in [-0.3, -0.25) is 0 Å². The number of hydrogen-bond donors (Lipinski definition) is 0. The van der Waals surface area contributed by atoms with Crippen molar-refractivity contribution < 1.29 is 13.4 Å². The van der Waals surface area contributed by atoms with Gasteiger partial charge in [0.15, 0.2) is 6.49 Å². The van der Waals surface area contributed by atoms with Crippen molar-refractivity contribution in [1.29, 1.82) is 0 Å². The van der Waals surface area contributed by atoms with Crippen LogP contribution in [0, 0.1) is 0 Å². The fourth-order valence-electron chi connectivity index (χ4n) is 1.33. The molecule has 0 aromatic carbocycles. The van der Waals surface area contributed by atoms with Crippen LogP contribution in [0.3, 0.4) is 0 Å². The Labute approximate surface area is 92.2 Å². The molecule has 2 aromatic rings. The molecule has 0 saturated carbocycles.